The molecule has 0 aliphatic carbocycles. The Balaban J connectivity index is 2.85. The van der Waals surface area contributed by atoms with E-state index in [1.807, 2.05) is 0 Å². The highest BCUT2D eigenvalue weighted by atomic mass is 35.5. The van der Waals surface area contributed by atoms with Crippen LogP contribution in [0, 0.1) is 0 Å². The van der Waals surface area contributed by atoms with E-state index in [0.717, 1.165) is 0 Å². The first-order valence-corrected chi connectivity index (χ1v) is 2.95. The first kappa shape index (κ1) is 6.58. The van der Waals surface area contributed by atoms with Gasteiger partial charge in [-0.2, -0.15) is 5.10 Å². The smallest absolute Gasteiger partial charge is 0.144 e. The molecule has 1 N–H and O–H groups in total. The van der Waals surface area contributed by atoms with E-state index >= 15 is 0 Å². The quantitative estimate of drug-likeness (QED) is 0.643. The lowest BCUT2D eigenvalue weighted by molar-refractivity contribution is 0.111. The molecule has 0 saturated heterocycles. The molecule has 4 heteroatoms. The van der Waals surface area contributed by atoms with Gasteiger partial charge in [-0.3, -0.25) is 0 Å². The SMILES string of the molecule is CC(O)n1cc(Cl)cn1. The van der Waals surface area contributed by atoms with E-state index < -0.39 is 6.23 Å². The number of halogens is 1. The second-order valence-corrected chi connectivity index (χ2v) is 2.21. The minimum atomic E-state index is -0.600. The summed E-state index contributed by atoms with van der Waals surface area (Å²) in [5.41, 5.74) is 0. The van der Waals surface area contributed by atoms with Crippen LogP contribution in [0.3, 0.4) is 0 Å². The fourth-order valence-electron chi connectivity index (χ4n) is 0.519. The summed E-state index contributed by atoms with van der Waals surface area (Å²) in [5, 5.41) is 13.2. The molecule has 0 aromatic carbocycles. The van der Waals surface area contributed by atoms with Gasteiger partial charge in [-0.25, -0.2) is 4.68 Å². The summed E-state index contributed by atoms with van der Waals surface area (Å²) in [4.78, 5) is 0. The van der Waals surface area contributed by atoms with Crippen LogP contribution in [0.15, 0.2) is 12.4 Å². The second-order valence-electron chi connectivity index (χ2n) is 1.77. The molecule has 50 valence electrons. The number of rotatable bonds is 1. The zero-order valence-corrected chi connectivity index (χ0v) is 5.71. The van der Waals surface area contributed by atoms with Crippen molar-refractivity contribution in [2.75, 3.05) is 0 Å². The molecule has 0 spiro atoms. The van der Waals surface area contributed by atoms with Crippen molar-refractivity contribution in [3.63, 3.8) is 0 Å². The normalized spacial score (nSPS) is 13.7. The largest absolute Gasteiger partial charge is 0.372 e. The van der Waals surface area contributed by atoms with E-state index in [1.54, 1.807) is 13.1 Å². The average Bonchev–Trinajstić information content (AvgIpc) is 2.14. The number of hydrogen-bond acceptors (Lipinski definition) is 2. The molecular formula is C5H7ClN2O. The molecule has 0 aliphatic heterocycles. The highest BCUT2D eigenvalue weighted by Gasteiger charge is 1.98. The van der Waals surface area contributed by atoms with Gasteiger partial charge in [0.05, 0.1) is 11.2 Å². The van der Waals surface area contributed by atoms with Crippen molar-refractivity contribution in [2.24, 2.45) is 0 Å². The van der Waals surface area contributed by atoms with Gasteiger partial charge in [-0.1, -0.05) is 11.6 Å². The van der Waals surface area contributed by atoms with E-state index in [9.17, 15) is 0 Å². The van der Waals surface area contributed by atoms with Gasteiger partial charge in [0.2, 0.25) is 0 Å². The Kier molecular flexibility index (Phi) is 1.73. The molecule has 1 atom stereocenters. The van der Waals surface area contributed by atoms with Gasteiger partial charge in [-0.15, -0.1) is 0 Å². The van der Waals surface area contributed by atoms with Crippen LogP contribution in [0.1, 0.15) is 13.2 Å². The number of nitrogens with zero attached hydrogens (tertiary/aromatic N) is 2. The van der Waals surface area contributed by atoms with Gasteiger partial charge in [0.1, 0.15) is 6.23 Å². The minimum Gasteiger partial charge on any atom is -0.372 e. The van der Waals surface area contributed by atoms with E-state index in [4.69, 9.17) is 16.7 Å². The van der Waals surface area contributed by atoms with Gasteiger partial charge in [0.15, 0.2) is 0 Å². The van der Waals surface area contributed by atoms with Crippen LogP contribution < -0.4 is 0 Å². The van der Waals surface area contributed by atoms with Crippen molar-refractivity contribution in [3.8, 4) is 0 Å². The molecule has 0 bridgehead atoms. The molecule has 1 aromatic rings. The maximum Gasteiger partial charge on any atom is 0.144 e. The van der Waals surface area contributed by atoms with Gasteiger partial charge >= 0.3 is 0 Å². The molecule has 0 radical (unpaired) electrons. The number of hydrogen-bond donors (Lipinski definition) is 1. The Bertz CT molecular complexity index is 197. The topological polar surface area (TPSA) is 38.0 Å². The number of aliphatic hydroxyl groups excluding tert-OH is 1. The van der Waals surface area contributed by atoms with Gasteiger partial charge in [0.25, 0.3) is 0 Å². The molecule has 3 nitrogen and oxygen atoms in total. The van der Waals surface area contributed by atoms with Gasteiger partial charge < -0.3 is 5.11 Å². The predicted molar refractivity (Wildman–Crippen MR) is 34.2 cm³/mol. The summed E-state index contributed by atoms with van der Waals surface area (Å²) >= 11 is 5.51. The average molecular weight is 147 g/mol. The van der Waals surface area contributed by atoms with Crippen LogP contribution >= 0.6 is 11.6 Å². The predicted octanol–water partition coefficient (Wildman–Crippen LogP) is 1.05. The highest BCUT2D eigenvalue weighted by Crippen LogP contribution is 2.07. The van der Waals surface area contributed by atoms with Crippen LogP contribution in [0.25, 0.3) is 0 Å². The molecule has 0 aliphatic rings. The van der Waals surface area contributed by atoms with Crippen molar-refractivity contribution in [2.45, 2.75) is 13.2 Å². The number of aromatic nitrogens is 2. The lowest BCUT2D eigenvalue weighted by Crippen LogP contribution is -2.02. The molecule has 1 heterocycles. The van der Waals surface area contributed by atoms with Crippen LogP contribution in [0.5, 0.6) is 0 Å². The van der Waals surface area contributed by atoms with Crippen LogP contribution in [-0.2, 0) is 0 Å². The fourth-order valence-corrected chi connectivity index (χ4v) is 0.663. The second kappa shape index (κ2) is 2.37. The summed E-state index contributed by atoms with van der Waals surface area (Å²) in [6.45, 7) is 1.61. The van der Waals surface area contributed by atoms with Crippen molar-refractivity contribution in [3.05, 3.63) is 17.4 Å². The Hall–Kier alpha value is -0.540. The van der Waals surface area contributed by atoms with Crippen molar-refractivity contribution in [1.29, 1.82) is 0 Å². The molecule has 1 unspecified atom stereocenters. The Morgan fingerprint density at radius 2 is 2.56 bits per heavy atom. The number of aliphatic hydroxyl groups is 1. The van der Waals surface area contributed by atoms with Crippen LogP contribution in [-0.4, -0.2) is 14.9 Å². The molecule has 1 rings (SSSR count). The third-order valence-electron chi connectivity index (χ3n) is 0.953. The fraction of sp³-hybridized carbons (Fsp3) is 0.400. The van der Waals surface area contributed by atoms with Crippen molar-refractivity contribution < 1.29 is 5.11 Å². The van der Waals surface area contributed by atoms with Gasteiger partial charge in [0, 0.05) is 6.20 Å². The van der Waals surface area contributed by atoms with Crippen molar-refractivity contribution in [1.82, 2.24) is 9.78 Å². The lowest BCUT2D eigenvalue weighted by atomic mass is 10.6. The summed E-state index contributed by atoms with van der Waals surface area (Å²) in [6, 6.07) is 0. The molecular weight excluding hydrogens is 140 g/mol. The monoisotopic (exact) mass is 146 g/mol. The third-order valence-corrected chi connectivity index (χ3v) is 1.15. The standard InChI is InChI=1S/C5H7ClN2O/c1-4(9)8-3-5(6)2-7-8/h2-4,9H,1H3. The zero-order valence-electron chi connectivity index (χ0n) is 4.95. The first-order chi connectivity index (χ1) is 4.20. The summed E-state index contributed by atoms with van der Waals surface area (Å²) in [7, 11) is 0. The first-order valence-electron chi connectivity index (χ1n) is 2.58. The summed E-state index contributed by atoms with van der Waals surface area (Å²) in [6.07, 6.45) is 2.44. The maximum absolute atomic E-state index is 8.88. The lowest BCUT2D eigenvalue weighted by Gasteiger charge is -2.00. The molecule has 0 fully saturated rings. The molecule has 9 heavy (non-hydrogen) atoms. The zero-order chi connectivity index (χ0) is 6.85. The van der Waals surface area contributed by atoms with E-state index in [1.165, 1.54) is 10.9 Å². The summed E-state index contributed by atoms with van der Waals surface area (Å²) < 4.78 is 1.38. The highest BCUT2D eigenvalue weighted by molar-refractivity contribution is 6.30. The van der Waals surface area contributed by atoms with Crippen molar-refractivity contribution >= 4 is 11.6 Å². The molecule has 0 saturated carbocycles. The van der Waals surface area contributed by atoms with E-state index in [2.05, 4.69) is 5.10 Å². The molecule has 1 aromatic heterocycles. The van der Waals surface area contributed by atoms with E-state index in [0.29, 0.717) is 5.02 Å². The Morgan fingerprint density at radius 1 is 1.89 bits per heavy atom. The maximum atomic E-state index is 8.88. The summed E-state index contributed by atoms with van der Waals surface area (Å²) in [5.74, 6) is 0. The van der Waals surface area contributed by atoms with E-state index in [-0.39, 0.29) is 0 Å². The Morgan fingerprint density at radius 3 is 2.78 bits per heavy atom. The molecule has 0 amide bonds. The van der Waals surface area contributed by atoms with Crippen LogP contribution in [0.2, 0.25) is 5.02 Å². The third kappa shape index (κ3) is 1.43. The Labute approximate surface area is 57.9 Å². The van der Waals surface area contributed by atoms with Gasteiger partial charge in [-0.05, 0) is 6.92 Å². The minimum absolute atomic E-state index is 0.538. The van der Waals surface area contributed by atoms with Crippen LogP contribution in [0.4, 0.5) is 0 Å².